The highest BCUT2D eigenvalue weighted by molar-refractivity contribution is 6.34. The molecule has 0 aliphatic rings. The molecular weight excluding hydrogens is 186 g/mol. The first-order valence-corrected chi connectivity index (χ1v) is 3.62. The molecular formula is C9H2ClN3. The standard InChI is InChI=1S/C9H2ClN3/c1-13-8-3-6(4-11)2-7(5-12)9(8)10/h2-3H. The molecule has 0 unspecified atom stereocenters. The Kier molecular flexibility index (Phi) is 2.50. The summed E-state index contributed by atoms with van der Waals surface area (Å²) in [7, 11) is 0. The summed E-state index contributed by atoms with van der Waals surface area (Å²) in [4.78, 5) is 3.10. The van der Waals surface area contributed by atoms with Gasteiger partial charge < -0.3 is 0 Å². The van der Waals surface area contributed by atoms with Crippen molar-refractivity contribution >= 4 is 17.3 Å². The van der Waals surface area contributed by atoms with Crippen LogP contribution >= 0.6 is 11.6 Å². The molecule has 0 radical (unpaired) electrons. The summed E-state index contributed by atoms with van der Waals surface area (Å²) in [6.07, 6.45) is 0. The van der Waals surface area contributed by atoms with Crippen LogP contribution in [0.15, 0.2) is 12.1 Å². The minimum absolute atomic E-state index is 0.108. The van der Waals surface area contributed by atoms with Crippen LogP contribution in [0.2, 0.25) is 5.02 Å². The Labute approximate surface area is 80.2 Å². The summed E-state index contributed by atoms with van der Waals surface area (Å²) in [6, 6.07) is 6.38. The van der Waals surface area contributed by atoms with Gasteiger partial charge in [0.2, 0.25) is 5.69 Å². The Hall–Kier alpha value is -2.02. The second-order valence-electron chi connectivity index (χ2n) is 2.19. The summed E-state index contributed by atoms with van der Waals surface area (Å²) in [5, 5.41) is 17.3. The van der Waals surface area contributed by atoms with Crippen molar-refractivity contribution in [2.45, 2.75) is 0 Å². The smallest absolute Gasteiger partial charge is 0.208 e. The van der Waals surface area contributed by atoms with Gasteiger partial charge in [0.25, 0.3) is 0 Å². The maximum Gasteiger partial charge on any atom is 0.208 e. The molecule has 0 saturated carbocycles. The third kappa shape index (κ3) is 1.59. The molecule has 0 amide bonds. The maximum atomic E-state index is 8.61. The van der Waals surface area contributed by atoms with Crippen LogP contribution in [-0.2, 0) is 0 Å². The van der Waals surface area contributed by atoms with Gasteiger partial charge in [0.05, 0.1) is 29.3 Å². The predicted molar refractivity (Wildman–Crippen MR) is 47.1 cm³/mol. The molecule has 0 N–H and O–H groups in total. The molecule has 0 saturated heterocycles. The molecule has 0 fully saturated rings. The summed E-state index contributed by atoms with van der Waals surface area (Å²) >= 11 is 5.69. The molecule has 3 nitrogen and oxygen atoms in total. The van der Waals surface area contributed by atoms with Crippen LogP contribution in [-0.4, -0.2) is 0 Å². The zero-order valence-electron chi connectivity index (χ0n) is 6.37. The van der Waals surface area contributed by atoms with Gasteiger partial charge in [-0.25, -0.2) is 4.85 Å². The maximum absolute atomic E-state index is 8.61. The molecule has 1 aromatic carbocycles. The van der Waals surface area contributed by atoms with Crippen molar-refractivity contribution < 1.29 is 0 Å². The monoisotopic (exact) mass is 187 g/mol. The fraction of sp³-hybridized carbons (Fsp3) is 0. The molecule has 0 aliphatic heterocycles. The topological polar surface area (TPSA) is 51.9 Å². The highest BCUT2D eigenvalue weighted by Gasteiger charge is 2.07. The second-order valence-corrected chi connectivity index (χ2v) is 2.57. The number of hydrogen-bond acceptors (Lipinski definition) is 2. The molecule has 0 spiro atoms. The van der Waals surface area contributed by atoms with E-state index in [0.717, 1.165) is 0 Å². The molecule has 60 valence electrons. The van der Waals surface area contributed by atoms with Crippen molar-refractivity contribution in [1.82, 2.24) is 0 Å². The van der Waals surface area contributed by atoms with Gasteiger partial charge >= 0.3 is 0 Å². The summed E-state index contributed by atoms with van der Waals surface area (Å²) in [5.74, 6) is 0. The van der Waals surface area contributed by atoms with Crippen LogP contribution in [0.25, 0.3) is 4.85 Å². The van der Waals surface area contributed by atoms with E-state index < -0.39 is 0 Å². The van der Waals surface area contributed by atoms with Crippen LogP contribution in [0.5, 0.6) is 0 Å². The van der Waals surface area contributed by atoms with Crippen LogP contribution in [0, 0.1) is 29.2 Å². The number of benzene rings is 1. The molecule has 0 atom stereocenters. The molecule has 1 aromatic rings. The van der Waals surface area contributed by atoms with Crippen LogP contribution in [0.1, 0.15) is 11.1 Å². The van der Waals surface area contributed by atoms with Gasteiger partial charge in [0, 0.05) is 5.56 Å². The SMILES string of the molecule is [C-]#[N+]c1cc(C#N)cc(C#N)c1Cl. The van der Waals surface area contributed by atoms with Crippen molar-refractivity contribution in [2.75, 3.05) is 0 Å². The van der Waals surface area contributed by atoms with Crippen LogP contribution in [0.3, 0.4) is 0 Å². The third-order valence-corrected chi connectivity index (χ3v) is 1.82. The predicted octanol–water partition coefficient (Wildman–Crippen LogP) is 2.63. The first-order valence-electron chi connectivity index (χ1n) is 3.24. The van der Waals surface area contributed by atoms with Crippen molar-refractivity contribution in [3.05, 3.63) is 39.7 Å². The Morgan fingerprint density at radius 3 is 2.46 bits per heavy atom. The van der Waals surface area contributed by atoms with E-state index in [1.165, 1.54) is 12.1 Å². The number of nitrogens with zero attached hydrogens (tertiary/aromatic N) is 3. The van der Waals surface area contributed by atoms with Crippen molar-refractivity contribution in [3.8, 4) is 12.1 Å². The molecule has 0 aromatic heterocycles. The van der Waals surface area contributed by atoms with Gasteiger partial charge in [0.15, 0.2) is 0 Å². The number of rotatable bonds is 0. The van der Waals surface area contributed by atoms with E-state index >= 15 is 0 Å². The lowest BCUT2D eigenvalue weighted by molar-refractivity contribution is 1.45. The molecule has 0 aliphatic carbocycles. The fourth-order valence-corrected chi connectivity index (χ4v) is 1.03. The number of halogens is 1. The minimum atomic E-state index is 0.108. The minimum Gasteiger partial charge on any atom is -0.237 e. The van der Waals surface area contributed by atoms with Crippen molar-refractivity contribution in [2.24, 2.45) is 0 Å². The summed E-state index contributed by atoms with van der Waals surface area (Å²) in [5.41, 5.74) is 0.566. The Balaban J connectivity index is 3.53. The van der Waals surface area contributed by atoms with Crippen molar-refractivity contribution in [1.29, 1.82) is 10.5 Å². The molecule has 1 rings (SSSR count). The fourth-order valence-electron chi connectivity index (χ4n) is 0.836. The lowest BCUT2D eigenvalue weighted by Gasteiger charge is -1.97. The Morgan fingerprint density at radius 2 is 2.00 bits per heavy atom. The summed E-state index contributed by atoms with van der Waals surface area (Å²) in [6.45, 7) is 6.75. The largest absolute Gasteiger partial charge is 0.237 e. The van der Waals surface area contributed by atoms with Gasteiger partial charge in [-0.1, -0.05) is 11.6 Å². The average Bonchev–Trinajstić information content (AvgIpc) is 2.18. The van der Waals surface area contributed by atoms with E-state index in [1.807, 2.05) is 12.1 Å². The van der Waals surface area contributed by atoms with Gasteiger partial charge in [-0.15, -0.1) is 0 Å². The van der Waals surface area contributed by atoms with Gasteiger partial charge in [-0.2, -0.15) is 10.5 Å². The van der Waals surface area contributed by atoms with E-state index in [0.29, 0.717) is 0 Å². The zero-order valence-corrected chi connectivity index (χ0v) is 7.13. The molecule has 4 heteroatoms. The van der Waals surface area contributed by atoms with E-state index in [9.17, 15) is 0 Å². The summed E-state index contributed by atoms with van der Waals surface area (Å²) < 4.78 is 0. The first kappa shape index (κ1) is 9.07. The van der Waals surface area contributed by atoms with E-state index in [2.05, 4.69) is 4.85 Å². The lowest BCUT2D eigenvalue weighted by atomic mass is 10.1. The van der Waals surface area contributed by atoms with E-state index in [-0.39, 0.29) is 21.8 Å². The molecule has 13 heavy (non-hydrogen) atoms. The van der Waals surface area contributed by atoms with E-state index in [1.54, 1.807) is 0 Å². The third-order valence-electron chi connectivity index (χ3n) is 1.42. The average molecular weight is 188 g/mol. The number of hydrogen-bond donors (Lipinski definition) is 0. The highest BCUT2D eigenvalue weighted by atomic mass is 35.5. The second kappa shape index (κ2) is 3.59. The van der Waals surface area contributed by atoms with Gasteiger partial charge in [0.1, 0.15) is 0 Å². The highest BCUT2D eigenvalue weighted by Crippen LogP contribution is 2.29. The van der Waals surface area contributed by atoms with Gasteiger partial charge in [-0.05, 0) is 12.1 Å². The molecule has 0 bridgehead atoms. The van der Waals surface area contributed by atoms with Gasteiger partial charge in [-0.3, -0.25) is 0 Å². The quantitative estimate of drug-likeness (QED) is 0.587. The van der Waals surface area contributed by atoms with Crippen molar-refractivity contribution in [3.63, 3.8) is 0 Å². The van der Waals surface area contributed by atoms with Crippen LogP contribution < -0.4 is 0 Å². The Bertz CT molecular complexity index is 436. The Morgan fingerprint density at radius 1 is 1.31 bits per heavy atom. The lowest BCUT2D eigenvalue weighted by Crippen LogP contribution is -1.81. The normalized spacial score (nSPS) is 8.15. The molecule has 0 heterocycles. The number of nitriles is 2. The zero-order chi connectivity index (χ0) is 9.84. The van der Waals surface area contributed by atoms with E-state index in [4.69, 9.17) is 28.7 Å². The first-order chi connectivity index (χ1) is 6.22. The van der Waals surface area contributed by atoms with Crippen LogP contribution in [0.4, 0.5) is 5.69 Å².